The van der Waals surface area contributed by atoms with Gasteiger partial charge in [0.2, 0.25) is 0 Å². The monoisotopic (exact) mass is 246 g/mol. The number of nitrogens with one attached hydrogen (secondary N) is 1. The molecule has 0 aliphatic heterocycles. The first-order valence-corrected chi connectivity index (χ1v) is 6.51. The van der Waals surface area contributed by atoms with E-state index in [0.717, 1.165) is 31.6 Å². The second-order valence-electron chi connectivity index (χ2n) is 5.51. The molecular weight excluding hydrogens is 224 g/mol. The number of aromatic nitrogens is 1. The molecule has 1 aliphatic rings. The van der Waals surface area contributed by atoms with Gasteiger partial charge in [0, 0.05) is 37.8 Å². The van der Waals surface area contributed by atoms with Crippen LogP contribution in [0.4, 0.5) is 0 Å². The number of hydrogen-bond acceptors (Lipinski definition) is 3. The number of nitrogens with two attached hydrogens (primary N) is 1. The lowest BCUT2D eigenvalue weighted by atomic mass is 10.0. The van der Waals surface area contributed by atoms with Gasteiger partial charge in [0.25, 0.3) is 0 Å². The van der Waals surface area contributed by atoms with Crippen molar-refractivity contribution in [1.29, 1.82) is 5.41 Å². The highest BCUT2D eigenvalue weighted by Crippen LogP contribution is 2.49. The van der Waals surface area contributed by atoms with Crippen LogP contribution in [0.2, 0.25) is 0 Å². The Labute approximate surface area is 109 Å². The first kappa shape index (κ1) is 13.0. The Morgan fingerprint density at radius 1 is 1.50 bits per heavy atom. The summed E-state index contributed by atoms with van der Waals surface area (Å²) in [7, 11) is 2.14. The third kappa shape index (κ3) is 3.81. The molecule has 0 amide bonds. The summed E-state index contributed by atoms with van der Waals surface area (Å²) < 4.78 is 0. The zero-order chi connectivity index (χ0) is 13.0. The molecule has 0 atom stereocenters. The molecule has 1 heterocycles. The van der Waals surface area contributed by atoms with Crippen LogP contribution in [-0.4, -0.2) is 35.9 Å². The van der Waals surface area contributed by atoms with Gasteiger partial charge in [0.15, 0.2) is 0 Å². The van der Waals surface area contributed by atoms with E-state index in [2.05, 4.69) is 23.0 Å². The van der Waals surface area contributed by atoms with Gasteiger partial charge in [0.05, 0.1) is 5.84 Å². The molecule has 0 bridgehead atoms. The van der Waals surface area contributed by atoms with Crippen molar-refractivity contribution in [2.45, 2.75) is 25.7 Å². The van der Waals surface area contributed by atoms with Gasteiger partial charge in [-0.2, -0.15) is 0 Å². The minimum absolute atomic E-state index is 0.296. The number of amidine groups is 1. The second-order valence-corrected chi connectivity index (χ2v) is 5.51. The standard InChI is InChI=1S/C14H22N4/c1-18(9-5-12-4-2-3-8-17-12)11-14(6-7-14)10-13(15)16/h2-4,8H,5-7,9-11H2,1H3,(H3,15,16). The molecule has 1 saturated carbocycles. The molecule has 0 aromatic carbocycles. The molecule has 0 spiro atoms. The maximum Gasteiger partial charge on any atom is 0.0911 e. The fraction of sp³-hybridized carbons (Fsp3) is 0.571. The third-order valence-corrected chi connectivity index (χ3v) is 3.60. The molecule has 1 aromatic rings. The van der Waals surface area contributed by atoms with Crippen molar-refractivity contribution in [2.75, 3.05) is 20.1 Å². The lowest BCUT2D eigenvalue weighted by Gasteiger charge is -2.23. The fourth-order valence-electron chi connectivity index (χ4n) is 2.47. The van der Waals surface area contributed by atoms with Crippen molar-refractivity contribution in [3.05, 3.63) is 30.1 Å². The van der Waals surface area contributed by atoms with E-state index in [1.165, 1.54) is 12.8 Å². The molecule has 1 aromatic heterocycles. The molecule has 1 fully saturated rings. The summed E-state index contributed by atoms with van der Waals surface area (Å²) in [5.41, 5.74) is 6.95. The van der Waals surface area contributed by atoms with Crippen molar-refractivity contribution in [2.24, 2.45) is 11.1 Å². The van der Waals surface area contributed by atoms with Crippen molar-refractivity contribution in [3.8, 4) is 0 Å². The number of hydrogen-bond donors (Lipinski definition) is 2. The van der Waals surface area contributed by atoms with Crippen LogP contribution in [0.1, 0.15) is 25.0 Å². The Hall–Kier alpha value is -1.42. The molecular formula is C14H22N4. The Morgan fingerprint density at radius 2 is 2.28 bits per heavy atom. The van der Waals surface area contributed by atoms with Gasteiger partial charge in [-0.3, -0.25) is 10.4 Å². The van der Waals surface area contributed by atoms with E-state index in [1.54, 1.807) is 0 Å². The molecule has 4 nitrogen and oxygen atoms in total. The summed E-state index contributed by atoms with van der Waals surface area (Å²) in [6, 6.07) is 6.04. The van der Waals surface area contributed by atoms with Crippen molar-refractivity contribution in [3.63, 3.8) is 0 Å². The van der Waals surface area contributed by atoms with E-state index < -0.39 is 0 Å². The highest BCUT2D eigenvalue weighted by atomic mass is 15.1. The summed E-state index contributed by atoms with van der Waals surface area (Å²) >= 11 is 0. The maximum absolute atomic E-state index is 7.42. The Balaban J connectivity index is 1.76. The van der Waals surface area contributed by atoms with E-state index in [9.17, 15) is 0 Å². The van der Waals surface area contributed by atoms with Crippen LogP contribution in [0.25, 0.3) is 0 Å². The number of likely N-dealkylation sites (N-methyl/N-ethyl adjacent to an activating group) is 1. The quantitative estimate of drug-likeness (QED) is 0.568. The van der Waals surface area contributed by atoms with Gasteiger partial charge < -0.3 is 10.6 Å². The summed E-state index contributed by atoms with van der Waals surface area (Å²) in [5.74, 6) is 0.325. The molecule has 0 saturated heterocycles. The van der Waals surface area contributed by atoms with E-state index in [0.29, 0.717) is 11.3 Å². The highest BCUT2D eigenvalue weighted by molar-refractivity contribution is 5.78. The molecule has 0 radical (unpaired) electrons. The SMILES string of the molecule is CN(CCc1ccccn1)CC1(CC(=N)N)CC1. The summed E-state index contributed by atoms with van der Waals surface area (Å²) in [6.45, 7) is 2.05. The van der Waals surface area contributed by atoms with E-state index >= 15 is 0 Å². The van der Waals surface area contributed by atoms with Crippen LogP contribution in [-0.2, 0) is 6.42 Å². The smallest absolute Gasteiger partial charge is 0.0911 e. The summed E-state index contributed by atoms with van der Waals surface area (Å²) in [4.78, 5) is 6.67. The van der Waals surface area contributed by atoms with Crippen LogP contribution in [0.15, 0.2) is 24.4 Å². The van der Waals surface area contributed by atoms with Gasteiger partial charge in [-0.15, -0.1) is 0 Å². The van der Waals surface area contributed by atoms with E-state index in [4.69, 9.17) is 11.1 Å². The topological polar surface area (TPSA) is 66.0 Å². The van der Waals surface area contributed by atoms with Crippen LogP contribution in [0, 0.1) is 10.8 Å². The zero-order valence-corrected chi connectivity index (χ0v) is 11.0. The molecule has 98 valence electrons. The largest absolute Gasteiger partial charge is 0.388 e. The Bertz CT molecular complexity index is 398. The molecule has 4 heteroatoms. The normalized spacial score (nSPS) is 16.8. The molecule has 18 heavy (non-hydrogen) atoms. The van der Waals surface area contributed by atoms with Gasteiger partial charge in [-0.25, -0.2) is 0 Å². The van der Waals surface area contributed by atoms with Crippen molar-refractivity contribution >= 4 is 5.84 Å². The van der Waals surface area contributed by atoms with Gasteiger partial charge in [-0.05, 0) is 37.4 Å². The van der Waals surface area contributed by atoms with Crippen LogP contribution < -0.4 is 5.73 Å². The van der Waals surface area contributed by atoms with Gasteiger partial charge >= 0.3 is 0 Å². The van der Waals surface area contributed by atoms with Crippen molar-refractivity contribution < 1.29 is 0 Å². The first-order chi connectivity index (χ1) is 8.60. The predicted molar refractivity (Wildman–Crippen MR) is 73.6 cm³/mol. The Kier molecular flexibility index (Phi) is 3.97. The minimum Gasteiger partial charge on any atom is -0.388 e. The Morgan fingerprint density at radius 3 is 2.83 bits per heavy atom. The average Bonchev–Trinajstić information content (AvgIpc) is 3.06. The molecule has 0 unspecified atom stereocenters. The van der Waals surface area contributed by atoms with Crippen LogP contribution >= 0.6 is 0 Å². The maximum atomic E-state index is 7.42. The van der Waals surface area contributed by atoms with Crippen LogP contribution in [0.3, 0.4) is 0 Å². The molecule has 3 N–H and O–H groups in total. The third-order valence-electron chi connectivity index (χ3n) is 3.60. The van der Waals surface area contributed by atoms with Gasteiger partial charge in [-0.1, -0.05) is 6.07 Å². The van der Waals surface area contributed by atoms with Crippen molar-refractivity contribution in [1.82, 2.24) is 9.88 Å². The van der Waals surface area contributed by atoms with E-state index in [1.807, 2.05) is 18.3 Å². The first-order valence-electron chi connectivity index (χ1n) is 6.51. The fourth-order valence-corrected chi connectivity index (χ4v) is 2.47. The minimum atomic E-state index is 0.296. The number of rotatable bonds is 7. The summed E-state index contributed by atoms with van der Waals surface area (Å²) in [5, 5.41) is 7.42. The highest BCUT2D eigenvalue weighted by Gasteiger charge is 2.43. The second kappa shape index (κ2) is 5.48. The predicted octanol–water partition coefficient (Wildman–Crippen LogP) is 1.66. The summed E-state index contributed by atoms with van der Waals surface area (Å²) in [6.07, 6.45) is 5.99. The molecule has 2 rings (SSSR count). The lowest BCUT2D eigenvalue weighted by molar-refractivity contribution is 0.268. The number of pyridine rings is 1. The number of nitrogens with zero attached hydrogens (tertiary/aromatic N) is 2. The van der Waals surface area contributed by atoms with E-state index in [-0.39, 0.29) is 0 Å². The average molecular weight is 246 g/mol. The van der Waals surface area contributed by atoms with Crippen LogP contribution in [0.5, 0.6) is 0 Å². The van der Waals surface area contributed by atoms with Gasteiger partial charge in [0.1, 0.15) is 0 Å². The lowest BCUT2D eigenvalue weighted by Crippen LogP contribution is -2.31. The zero-order valence-electron chi connectivity index (χ0n) is 11.0. The molecule has 1 aliphatic carbocycles.